The van der Waals surface area contributed by atoms with E-state index in [1.165, 1.54) is 12.1 Å². The molecule has 29 heavy (non-hydrogen) atoms. The number of nitrogens with zero attached hydrogens (tertiary/aromatic N) is 4. The molecule has 3 rings (SSSR count). The summed E-state index contributed by atoms with van der Waals surface area (Å²) in [5.41, 5.74) is 1.76. The van der Waals surface area contributed by atoms with Gasteiger partial charge in [0.05, 0.1) is 7.11 Å². The fraction of sp³-hybridized carbons (Fsp3) is 0.316. The monoisotopic (exact) mass is 437 g/mol. The highest BCUT2D eigenvalue weighted by atomic mass is 35.5. The average Bonchev–Trinajstić information content (AvgIpc) is 3.13. The first-order valence-corrected chi connectivity index (χ1v) is 10.2. The van der Waals surface area contributed by atoms with E-state index in [1.54, 1.807) is 41.8 Å². The molecule has 0 bridgehead atoms. The molecule has 0 aliphatic rings. The highest BCUT2D eigenvalue weighted by Gasteiger charge is 2.11. The third-order valence-electron chi connectivity index (χ3n) is 4.05. The van der Waals surface area contributed by atoms with Gasteiger partial charge in [0.25, 0.3) is 0 Å². The number of ether oxygens (including phenoxy) is 2. The van der Waals surface area contributed by atoms with Crippen molar-refractivity contribution in [3.8, 4) is 11.5 Å². The summed E-state index contributed by atoms with van der Waals surface area (Å²) in [6, 6.07) is 9.75. The van der Waals surface area contributed by atoms with E-state index >= 15 is 0 Å². The fourth-order valence-electron chi connectivity index (χ4n) is 2.51. The van der Waals surface area contributed by atoms with Crippen LogP contribution in [0.1, 0.15) is 11.1 Å². The zero-order valence-electron chi connectivity index (χ0n) is 16.1. The molecule has 2 aromatic carbocycles. The van der Waals surface area contributed by atoms with Crippen LogP contribution in [0.15, 0.2) is 41.6 Å². The number of benzene rings is 2. The SMILES string of the molecule is COc1cc(CNCCSc2nnnn2C)c(Cl)cc1OCc1ccc(F)cc1. The lowest BCUT2D eigenvalue weighted by atomic mass is 10.2. The second kappa shape index (κ2) is 10.4. The molecule has 0 saturated carbocycles. The minimum Gasteiger partial charge on any atom is -0.493 e. The van der Waals surface area contributed by atoms with E-state index in [4.69, 9.17) is 21.1 Å². The lowest BCUT2D eigenvalue weighted by Gasteiger charge is -2.14. The van der Waals surface area contributed by atoms with E-state index in [1.807, 2.05) is 13.1 Å². The molecule has 0 aliphatic heterocycles. The largest absolute Gasteiger partial charge is 0.493 e. The Kier molecular flexibility index (Phi) is 7.68. The summed E-state index contributed by atoms with van der Waals surface area (Å²) < 4.78 is 25.9. The molecule has 0 saturated heterocycles. The van der Waals surface area contributed by atoms with E-state index < -0.39 is 0 Å². The van der Waals surface area contributed by atoms with Crippen LogP contribution in [0.3, 0.4) is 0 Å². The Labute approximate surface area is 177 Å². The number of methoxy groups -OCH3 is 1. The van der Waals surface area contributed by atoms with Gasteiger partial charge in [0.1, 0.15) is 12.4 Å². The molecule has 0 amide bonds. The molecule has 0 aliphatic carbocycles. The quantitative estimate of drug-likeness (QED) is 0.384. The van der Waals surface area contributed by atoms with Crippen LogP contribution >= 0.6 is 23.4 Å². The Morgan fingerprint density at radius 1 is 1.21 bits per heavy atom. The predicted molar refractivity (Wildman–Crippen MR) is 110 cm³/mol. The maximum atomic E-state index is 13.0. The van der Waals surface area contributed by atoms with E-state index in [9.17, 15) is 4.39 Å². The van der Waals surface area contributed by atoms with Crippen LogP contribution < -0.4 is 14.8 Å². The van der Waals surface area contributed by atoms with Crippen molar-refractivity contribution in [3.05, 3.63) is 58.4 Å². The smallest absolute Gasteiger partial charge is 0.209 e. The van der Waals surface area contributed by atoms with E-state index in [0.717, 1.165) is 28.6 Å². The number of aromatic nitrogens is 4. The molecule has 1 N–H and O–H groups in total. The number of nitrogens with one attached hydrogen (secondary N) is 1. The lowest BCUT2D eigenvalue weighted by Crippen LogP contribution is -2.17. The van der Waals surface area contributed by atoms with Gasteiger partial charge in [-0.15, -0.1) is 5.10 Å². The molecule has 0 spiro atoms. The van der Waals surface area contributed by atoms with Crippen LogP contribution in [-0.4, -0.2) is 39.6 Å². The maximum Gasteiger partial charge on any atom is 0.209 e. The summed E-state index contributed by atoms with van der Waals surface area (Å²) in [5.74, 6) is 1.67. The summed E-state index contributed by atoms with van der Waals surface area (Å²) in [5, 5.41) is 16.0. The minimum absolute atomic E-state index is 0.280. The van der Waals surface area contributed by atoms with Crippen molar-refractivity contribution in [2.45, 2.75) is 18.3 Å². The van der Waals surface area contributed by atoms with Gasteiger partial charge < -0.3 is 14.8 Å². The van der Waals surface area contributed by atoms with Crippen LogP contribution in [0.4, 0.5) is 4.39 Å². The Morgan fingerprint density at radius 2 is 2.00 bits per heavy atom. The zero-order chi connectivity index (χ0) is 20.6. The third kappa shape index (κ3) is 6.06. The van der Waals surface area contributed by atoms with E-state index in [2.05, 4.69) is 20.8 Å². The summed E-state index contributed by atoms with van der Waals surface area (Å²) in [6.45, 7) is 1.64. The first-order chi connectivity index (χ1) is 14.1. The van der Waals surface area contributed by atoms with Crippen molar-refractivity contribution in [1.29, 1.82) is 0 Å². The summed E-state index contributed by atoms with van der Waals surface area (Å²) in [4.78, 5) is 0. The van der Waals surface area contributed by atoms with Crippen LogP contribution in [-0.2, 0) is 20.2 Å². The number of tetrazole rings is 1. The predicted octanol–water partition coefficient (Wildman–Crippen LogP) is 3.47. The Bertz CT molecular complexity index is 939. The molecular weight excluding hydrogens is 417 g/mol. The number of rotatable bonds is 10. The fourth-order valence-corrected chi connectivity index (χ4v) is 3.47. The van der Waals surface area contributed by atoms with Gasteiger partial charge in [-0.2, -0.15) is 0 Å². The molecule has 1 heterocycles. The summed E-state index contributed by atoms with van der Waals surface area (Å²) in [7, 11) is 3.39. The summed E-state index contributed by atoms with van der Waals surface area (Å²) >= 11 is 7.99. The Balaban J connectivity index is 1.53. The average molecular weight is 438 g/mol. The molecule has 0 unspecified atom stereocenters. The van der Waals surface area contributed by atoms with Crippen molar-refractivity contribution in [2.24, 2.45) is 7.05 Å². The normalized spacial score (nSPS) is 10.9. The van der Waals surface area contributed by atoms with E-state index in [0.29, 0.717) is 29.7 Å². The van der Waals surface area contributed by atoms with Gasteiger partial charge in [0, 0.05) is 37.0 Å². The highest BCUT2D eigenvalue weighted by molar-refractivity contribution is 7.99. The van der Waals surface area contributed by atoms with Gasteiger partial charge in [0.15, 0.2) is 11.5 Å². The topological polar surface area (TPSA) is 74.1 Å². The van der Waals surface area contributed by atoms with Crippen molar-refractivity contribution in [2.75, 3.05) is 19.4 Å². The second-order valence-electron chi connectivity index (χ2n) is 6.12. The van der Waals surface area contributed by atoms with Crippen LogP contribution in [0.5, 0.6) is 11.5 Å². The zero-order valence-corrected chi connectivity index (χ0v) is 17.6. The van der Waals surface area contributed by atoms with Gasteiger partial charge >= 0.3 is 0 Å². The van der Waals surface area contributed by atoms with E-state index in [-0.39, 0.29) is 5.82 Å². The molecule has 0 atom stereocenters. The van der Waals surface area contributed by atoms with Crippen molar-refractivity contribution < 1.29 is 13.9 Å². The Hall–Kier alpha value is -2.36. The molecular formula is C19H21ClFN5O2S. The summed E-state index contributed by atoms with van der Waals surface area (Å²) in [6.07, 6.45) is 0. The van der Waals surface area contributed by atoms with Gasteiger partial charge in [-0.25, -0.2) is 9.07 Å². The van der Waals surface area contributed by atoms with Crippen LogP contribution in [0, 0.1) is 5.82 Å². The van der Waals surface area contributed by atoms with Crippen molar-refractivity contribution in [1.82, 2.24) is 25.5 Å². The molecule has 0 fully saturated rings. The molecule has 7 nitrogen and oxygen atoms in total. The van der Waals surface area contributed by atoms with Gasteiger partial charge in [-0.3, -0.25) is 0 Å². The van der Waals surface area contributed by atoms with Gasteiger partial charge in [0.2, 0.25) is 5.16 Å². The van der Waals surface area contributed by atoms with Gasteiger partial charge in [-0.05, 0) is 39.8 Å². The molecule has 0 radical (unpaired) electrons. The first kappa shape index (κ1) is 21.4. The highest BCUT2D eigenvalue weighted by Crippen LogP contribution is 2.34. The van der Waals surface area contributed by atoms with Crippen LogP contribution in [0.25, 0.3) is 0 Å². The number of aryl methyl sites for hydroxylation is 1. The number of hydrogen-bond donors (Lipinski definition) is 1. The van der Waals surface area contributed by atoms with Gasteiger partial charge in [-0.1, -0.05) is 35.5 Å². The van der Waals surface area contributed by atoms with Crippen molar-refractivity contribution in [3.63, 3.8) is 0 Å². The standard InChI is InChI=1S/C19H21ClFN5O2S/c1-26-19(23-24-25-26)29-8-7-22-11-14-9-17(27-2)18(10-16(14)20)28-12-13-3-5-15(21)6-4-13/h3-6,9-10,22H,7-8,11-12H2,1-2H3. The minimum atomic E-state index is -0.280. The third-order valence-corrected chi connectivity index (χ3v) is 5.41. The second-order valence-corrected chi connectivity index (χ2v) is 7.59. The molecule has 1 aromatic heterocycles. The number of hydrogen-bond acceptors (Lipinski definition) is 7. The number of thioether (sulfide) groups is 1. The molecule has 3 aromatic rings. The number of halogens is 2. The lowest BCUT2D eigenvalue weighted by molar-refractivity contribution is 0.284. The van der Waals surface area contributed by atoms with Crippen molar-refractivity contribution >= 4 is 23.4 Å². The molecule has 10 heteroatoms. The Morgan fingerprint density at radius 3 is 2.69 bits per heavy atom. The molecule has 154 valence electrons. The maximum absolute atomic E-state index is 13.0. The first-order valence-electron chi connectivity index (χ1n) is 8.86. The van der Waals surface area contributed by atoms with Crippen LogP contribution in [0.2, 0.25) is 5.02 Å².